The second kappa shape index (κ2) is 5.61. The molecule has 0 aromatic carbocycles. The van der Waals surface area contributed by atoms with E-state index in [2.05, 4.69) is 33.5 Å². The number of piperazine rings is 1. The predicted octanol–water partition coefficient (Wildman–Crippen LogP) is 0.134. The summed E-state index contributed by atoms with van der Waals surface area (Å²) in [5, 5.41) is 3.29. The third kappa shape index (κ3) is 3.48. The van der Waals surface area contributed by atoms with Gasteiger partial charge in [-0.3, -0.25) is 4.90 Å². The first-order valence-electron chi connectivity index (χ1n) is 4.44. The lowest BCUT2D eigenvalue weighted by molar-refractivity contribution is 0.271. The van der Waals surface area contributed by atoms with E-state index in [0.29, 0.717) is 0 Å². The van der Waals surface area contributed by atoms with E-state index < -0.39 is 0 Å². The fraction of sp³-hybridized carbons (Fsp3) is 0.556. The molecule has 1 fully saturated rings. The fourth-order valence-corrected chi connectivity index (χ4v) is 1.31. The maximum absolute atomic E-state index is 4.03. The number of nitrogens with zero attached hydrogens (tertiary/aromatic N) is 3. The molecule has 72 valence electrons. The maximum Gasteiger partial charge on any atom is 0.141 e. The van der Waals surface area contributed by atoms with Gasteiger partial charge in [0.1, 0.15) is 5.84 Å². The van der Waals surface area contributed by atoms with Crippen molar-refractivity contribution in [3.05, 3.63) is 12.8 Å². The molecule has 0 aromatic heterocycles. The van der Waals surface area contributed by atoms with Gasteiger partial charge in [0.05, 0.1) is 6.54 Å². The van der Waals surface area contributed by atoms with E-state index in [9.17, 15) is 0 Å². The van der Waals surface area contributed by atoms with Gasteiger partial charge in [0.15, 0.2) is 0 Å². The van der Waals surface area contributed by atoms with Crippen LogP contribution in [0.15, 0.2) is 22.8 Å². The Hall–Kier alpha value is -1.00. The van der Waals surface area contributed by atoms with Crippen LogP contribution in [0.25, 0.3) is 0 Å². The maximum atomic E-state index is 4.03. The number of amidine groups is 1. The number of aliphatic imine (C=N–C) groups is 2. The Balaban J connectivity index is 2.40. The lowest BCUT2D eigenvalue weighted by Crippen LogP contribution is -2.45. The number of nitrogens with one attached hydrogen (secondary N) is 1. The van der Waals surface area contributed by atoms with Crippen LogP contribution < -0.4 is 5.32 Å². The lowest BCUT2D eigenvalue weighted by atomic mass is 10.3. The molecule has 4 nitrogen and oxygen atoms in total. The van der Waals surface area contributed by atoms with Crippen molar-refractivity contribution in [1.82, 2.24) is 10.2 Å². The summed E-state index contributed by atoms with van der Waals surface area (Å²) in [6.45, 7) is 12.0. The molecule has 0 saturated carbocycles. The van der Waals surface area contributed by atoms with Gasteiger partial charge < -0.3 is 5.32 Å². The van der Waals surface area contributed by atoms with E-state index >= 15 is 0 Å². The van der Waals surface area contributed by atoms with Crippen LogP contribution in [0.2, 0.25) is 0 Å². The summed E-state index contributed by atoms with van der Waals surface area (Å²) < 4.78 is 0. The minimum absolute atomic E-state index is 0.747. The Labute approximate surface area is 79.1 Å². The Morgan fingerprint density at radius 2 is 2.15 bits per heavy atom. The van der Waals surface area contributed by atoms with E-state index in [4.69, 9.17) is 0 Å². The number of rotatable bonds is 3. The second-order valence-electron chi connectivity index (χ2n) is 2.91. The highest BCUT2D eigenvalue weighted by Crippen LogP contribution is 1.94. The lowest BCUT2D eigenvalue weighted by Gasteiger charge is -2.26. The molecule has 0 atom stereocenters. The molecular formula is C9H16N4. The standard InChI is InChI=1S/C9H16N4/c1-3-12-9(10-2)8-13-6-4-11-5-7-13/h3,11H,1-2,4-8H2. The summed E-state index contributed by atoms with van der Waals surface area (Å²) in [6.07, 6.45) is 1.51. The molecule has 1 heterocycles. The molecule has 1 N–H and O–H groups in total. The normalized spacial score (nSPS) is 19.8. The van der Waals surface area contributed by atoms with Gasteiger partial charge in [-0.1, -0.05) is 6.58 Å². The van der Waals surface area contributed by atoms with Crippen LogP contribution in [0.5, 0.6) is 0 Å². The van der Waals surface area contributed by atoms with Crippen LogP contribution >= 0.6 is 0 Å². The topological polar surface area (TPSA) is 40.0 Å². The summed E-state index contributed by atoms with van der Waals surface area (Å²) in [6, 6.07) is 0. The van der Waals surface area contributed by atoms with Crippen molar-refractivity contribution >= 4 is 12.6 Å². The first-order valence-corrected chi connectivity index (χ1v) is 4.44. The van der Waals surface area contributed by atoms with Crippen LogP contribution in [0.1, 0.15) is 0 Å². The minimum atomic E-state index is 0.747. The Morgan fingerprint density at radius 1 is 1.46 bits per heavy atom. The van der Waals surface area contributed by atoms with Gasteiger partial charge in [0.2, 0.25) is 0 Å². The third-order valence-corrected chi connectivity index (χ3v) is 2.00. The van der Waals surface area contributed by atoms with Gasteiger partial charge in [-0.05, 0) is 6.72 Å². The number of hydrogen-bond acceptors (Lipinski definition) is 3. The minimum Gasteiger partial charge on any atom is -0.314 e. The molecule has 1 rings (SSSR count). The van der Waals surface area contributed by atoms with Crippen molar-refractivity contribution in [2.75, 3.05) is 32.7 Å². The molecule has 0 spiro atoms. The first-order chi connectivity index (χ1) is 6.36. The highest BCUT2D eigenvalue weighted by molar-refractivity contribution is 5.88. The number of hydrogen-bond donors (Lipinski definition) is 1. The molecule has 1 saturated heterocycles. The predicted molar refractivity (Wildman–Crippen MR) is 56.5 cm³/mol. The van der Waals surface area contributed by atoms with Gasteiger partial charge in [-0.15, -0.1) is 0 Å². The molecule has 0 aliphatic carbocycles. The highest BCUT2D eigenvalue weighted by atomic mass is 15.2. The van der Waals surface area contributed by atoms with Gasteiger partial charge >= 0.3 is 0 Å². The zero-order valence-electron chi connectivity index (χ0n) is 7.87. The zero-order valence-corrected chi connectivity index (χ0v) is 7.87. The van der Waals surface area contributed by atoms with Crippen molar-refractivity contribution < 1.29 is 0 Å². The van der Waals surface area contributed by atoms with Crippen molar-refractivity contribution in [2.45, 2.75) is 0 Å². The van der Waals surface area contributed by atoms with Crippen molar-refractivity contribution in [1.29, 1.82) is 0 Å². The Bertz CT molecular complexity index is 204. The largest absolute Gasteiger partial charge is 0.314 e. The quantitative estimate of drug-likeness (QED) is 0.495. The third-order valence-electron chi connectivity index (χ3n) is 2.00. The van der Waals surface area contributed by atoms with Gasteiger partial charge in [0, 0.05) is 32.4 Å². The summed E-state index contributed by atoms with van der Waals surface area (Å²) in [7, 11) is 0. The van der Waals surface area contributed by atoms with Crippen molar-refractivity contribution in [3.63, 3.8) is 0 Å². The van der Waals surface area contributed by atoms with Crippen LogP contribution in [0.3, 0.4) is 0 Å². The van der Waals surface area contributed by atoms with Gasteiger partial charge in [0.25, 0.3) is 0 Å². The smallest absolute Gasteiger partial charge is 0.141 e. The summed E-state index contributed by atoms with van der Waals surface area (Å²) in [4.78, 5) is 10.2. The molecule has 1 aliphatic heterocycles. The Morgan fingerprint density at radius 3 is 2.69 bits per heavy atom. The van der Waals surface area contributed by atoms with Crippen LogP contribution in [0.4, 0.5) is 0 Å². The first kappa shape index (κ1) is 10.1. The van der Waals surface area contributed by atoms with E-state index in [-0.39, 0.29) is 0 Å². The molecule has 13 heavy (non-hydrogen) atoms. The van der Waals surface area contributed by atoms with Crippen LogP contribution in [0, 0.1) is 0 Å². The van der Waals surface area contributed by atoms with Gasteiger partial charge in [-0.25, -0.2) is 9.98 Å². The van der Waals surface area contributed by atoms with Gasteiger partial charge in [-0.2, -0.15) is 0 Å². The molecule has 0 bridgehead atoms. The van der Waals surface area contributed by atoms with Crippen LogP contribution in [-0.4, -0.2) is 50.2 Å². The molecule has 0 aromatic rings. The Kier molecular flexibility index (Phi) is 4.35. The van der Waals surface area contributed by atoms with E-state index in [1.54, 1.807) is 0 Å². The summed E-state index contributed by atoms with van der Waals surface area (Å²) in [5.74, 6) is 0.747. The molecular weight excluding hydrogens is 164 g/mol. The van der Waals surface area contributed by atoms with E-state index in [0.717, 1.165) is 38.6 Å². The summed E-state index contributed by atoms with van der Waals surface area (Å²) in [5.41, 5.74) is 0. The highest BCUT2D eigenvalue weighted by Gasteiger charge is 2.10. The average molecular weight is 180 g/mol. The zero-order chi connectivity index (χ0) is 9.52. The van der Waals surface area contributed by atoms with Crippen LogP contribution in [-0.2, 0) is 0 Å². The summed E-state index contributed by atoms with van der Waals surface area (Å²) >= 11 is 0. The van der Waals surface area contributed by atoms with Crippen molar-refractivity contribution in [2.24, 2.45) is 9.98 Å². The van der Waals surface area contributed by atoms with Crippen molar-refractivity contribution in [3.8, 4) is 0 Å². The molecule has 0 unspecified atom stereocenters. The average Bonchev–Trinajstić information content (AvgIpc) is 2.19. The molecule has 4 heteroatoms. The molecule has 1 aliphatic rings. The monoisotopic (exact) mass is 180 g/mol. The molecule has 0 amide bonds. The fourth-order valence-electron chi connectivity index (χ4n) is 1.31. The second-order valence-corrected chi connectivity index (χ2v) is 2.91. The molecule has 0 radical (unpaired) electrons. The van der Waals surface area contributed by atoms with E-state index in [1.807, 2.05) is 0 Å². The van der Waals surface area contributed by atoms with E-state index in [1.165, 1.54) is 6.20 Å². The SMILES string of the molecule is C=CN=C(CN1CCNCC1)N=C.